The van der Waals surface area contributed by atoms with E-state index in [2.05, 4.69) is 0 Å². The summed E-state index contributed by atoms with van der Waals surface area (Å²) < 4.78 is 1.58. The van der Waals surface area contributed by atoms with E-state index in [-0.39, 0.29) is 22.9 Å². The van der Waals surface area contributed by atoms with Gasteiger partial charge in [-0.25, -0.2) is 0 Å². The Bertz CT molecular complexity index is 661. The minimum atomic E-state index is -0.738. The van der Waals surface area contributed by atoms with E-state index in [9.17, 15) is 14.7 Å². The second-order valence-corrected chi connectivity index (χ2v) is 6.87. The van der Waals surface area contributed by atoms with Crippen molar-refractivity contribution >= 4 is 5.91 Å². The fourth-order valence-electron chi connectivity index (χ4n) is 3.64. The van der Waals surface area contributed by atoms with Crippen LogP contribution in [0, 0.1) is 12.8 Å². The molecule has 1 N–H and O–H groups in total. The number of amides is 1. The highest BCUT2D eigenvalue weighted by Gasteiger charge is 2.38. The van der Waals surface area contributed by atoms with Crippen molar-refractivity contribution in [3.63, 3.8) is 0 Å². The molecular formula is C18H28N2O3. The highest BCUT2D eigenvalue weighted by molar-refractivity contribution is 5.94. The molecule has 1 aromatic rings. The number of likely N-dealkylation sites (tertiary alicyclic amines) is 1. The van der Waals surface area contributed by atoms with Gasteiger partial charge < -0.3 is 14.6 Å². The van der Waals surface area contributed by atoms with E-state index in [0.29, 0.717) is 19.5 Å². The summed E-state index contributed by atoms with van der Waals surface area (Å²) >= 11 is 0. The standard InChI is InChI=1S/C18H28N2O3/c1-6-13-11-20(9-8-18(13,4)23)17(22)14-10-12(3)15(7-2)19(5)16(14)21/h10,13,23H,6-9,11H2,1-5H3/t13-,18+/m1/s1. The Labute approximate surface area is 137 Å². The van der Waals surface area contributed by atoms with Crippen LogP contribution in [-0.2, 0) is 13.5 Å². The van der Waals surface area contributed by atoms with Crippen molar-refractivity contribution in [3.05, 3.63) is 33.2 Å². The molecule has 2 atom stereocenters. The van der Waals surface area contributed by atoms with Gasteiger partial charge in [-0.1, -0.05) is 13.8 Å². The molecule has 1 aliphatic rings. The lowest BCUT2D eigenvalue weighted by Gasteiger charge is -2.42. The lowest BCUT2D eigenvalue weighted by Crippen LogP contribution is -2.52. The largest absolute Gasteiger partial charge is 0.390 e. The van der Waals surface area contributed by atoms with Crippen molar-refractivity contribution in [1.82, 2.24) is 9.47 Å². The fraction of sp³-hybridized carbons (Fsp3) is 0.667. The van der Waals surface area contributed by atoms with Gasteiger partial charge in [0.05, 0.1) is 5.60 Å². The Hall–Kier alpha value is -1.62. The molecular weight excluding hydrogens is 292 g/mol. The number of rotatable bonds is 3. The summed E-state index contributed by atoms with van der Waals surface area (Å²) in [6.45, 7) is 8.78. The topological polar surface area (TPSA) is 62.5 Å². The highest BCUT2D eigenvalue weighted by atomic mass is 16.3. The van der Waals surface area contributed by atoms with Crippen LogP contribution in [0.5, 0.6) is 0 Å². The van der Waals surface area contributed by atoms with Crippen molar-refractivity contribution in [3.8, 4) is 0 Å². The van der Waals surface area contributed by atoms with E-state index < -0.39 is 5.60 Å². The smallest absolute Gasteiger partial charge is 0.263 e. The van der Waals surface area contributed by atoms with Gasteiger partial charge in [0, 0.05) is 31.7 Å². The first-order valence-corrected chi connectivity index (χ1v) is 8.44. The molecule has 0 aliphatic carbocycles. The molecule has 0 radical (unpaired) electrons. The zero-order chi connectivity index (χ0) is 17.4. The number of pyridine rings is 1. The van der Waals surface area contributed by atoms with Gasteiger partial charge in [0.15, 0.2) is 0 Å². The normalized spacial score (nSPS) is 24.8. The third-order valence-corrected chi connectivity index (χ3v) is 5.31. The van der Waals surface area contributed by atoms with Crippen LogP contribution in [0.3, 0.4) is 0 Å². The third kappa shape index (κ3) is 3.20. The van der Waals surface area contributed by atoms with Gasteiger partial charge >= 0.3 is 0 Å². The van der Waals surface area contributed by atoms with Crippen molar-refractivity contribution in [2.24, 2.45) is 13.0 Å². The molecule has 0 aromatic carbocycles. The van der Waals surface area contributed by atoms with Crippen molar-refractivity contribution in [1.29, 1.82) is 0 Å². The van der Waals surface area contributed by atoms with Crippen LogP contribution in [-0.4, -0.2) is 39.2 Å². The van der Waals surface area contributed by atoms with E-state index in [1.165, 1.54) is 0 Å². The summed E-state index contributed by atoms with van der Waals surface area (Å²) in [5, 5.41) is 10.4. The number of aromatic nitrogens is 1. The van der Waals surface area contributed by atoms with E-state index >= 15 is 0 Å². The summed E-state index contributed by atoms with van der Waals surface area (Å²) in [5.41, 5.74) is 1.19. The second kappa shape index (κ2) is 6.48. The lowest BCUT2D eigenvalue weighted by molar-refractivity contribution is -0.0521. The number of aryl methyl sites for hydroxylation is 1. The van der Waals surface area contributed by atoms with Crippen molar-refractivity contribution in [2.45, 2.75) is 52.6 Å². The predicted octanol–water partition coefficient (Wildman–Crippen LogP) is 1.88. The van der Waals surface area contributed by atoms with E-state index in [1.54, 1.807) is 22.6 Å². The Morgan fingerprint density at radius 2 is 2.09 bits per heavy atom. The van der Waals surface area contributed by atoms with Crippen LogP contribution in [0.25, 0.3) is 0 Å². The molecule has 2 rings (SSSR count). The number of carbonyl (C=O) groups is 1. The van der Waals surface area contributed by atoms with E-state index in [0.717, 1.165) is 24.1 Å². The van der Waals surface area contributed by atoms with Crippen LogP contribution >= 0.6 is 0 Å². The molecule has 1 aliphatic heterocycles. The zero-order valence-corrected chi connectivity index (χ0v) is 14.8. The first-order chi connectivity index (χ1) is 10.7. The first-order valence-electron chi connectivity index (χ1n) is 8.44. The summed E-state index contributed by atoms with van der Waals surface area (Å²) in [5.74, 6) is -0.176. The van der Waals surface area contributed by atoms with Crippen molar-refractivity contribution in [2.75, 3.05) is 13.1 Å². The Morgan fingerprint density at radius 3 is 2.65 bits per heavy atom. The van der Waals surface area contributed by atoms with Gasteiger partial charge in [0.2, 0.25) is 0 Å². The monoisotopic (exact) mass is 320 g/mol. The molecule has 1 aromatic heterocycles. The third-order valence-electron chi connectivity index (χ3n) is 5.31. The Balaban J connectivity index is 2.34. The minimum Gasteiger partial charge on any atom is -0.390 e. The van der Waals surface area contributed by atoms with Gasteiger partial charge in [-0.15, -0.1) is 0 Å². The van der Waals surface area contributed by atoms with Crippen LogP contribution < -0.4 is 5.56 Å². The molecule has 5 heteroatoms. The first kappa shape index (κ1) is 17.7. The summed E-state index contributed by atoms with van der Waals surface area (Å²) in [6.07, 6.45) is 2.11. The second-order valence-electron chi connectivity index (χ2n) is 6.87. The lowest BCUT2D eigenvalue weighted by atomic mass is 9.81. The molecule has 0 bridgehead atoms. The maximum Gasteiger partial charge on any atom is 0.263 e. The molecule has 128 valence electrons. The molecule has 0 spiro atoms. The highest BCUT2D eigenvalue weighted by Crippen LogP contribution is 2.30. The predicted molar refractivity (Wildman–Crippen MR) is 90.7 cm³/mol. The summed E-state index contributed by atoms with van der Waals surface area (Å²) in [4.78, 5) is 27.1. The van der Waals surface area contributed by atoms with Crippen LogP contribution in [0.2, 0.25) is 0 Å². The van der Waals surface area contributed by atoms with Crippen LogP contribution in [0.1, 0.15) is 55.2 Å². The SMILES string of the molecule is CCc1c(C)cc(C(=O)N2CC[C@](C)(O)[C@H](CC)C2)c(=O)n1C. The van der Waals surface area contributed by atoms with Gasteiger partial charge in [0.25, 0.3) is 11.5 Å². The van der Waals surface area contributed by atoms with Gasteiger partial charge in [-0.3, -0.25) is 9.59 Å². The van der Waals surface area contributed by atoms with Crippen molar-refractivity contribution < 1.29 is 9.90 Å². The zero-order valence-electron chi connectivity index (χ0n) is 14.8. The molecule has 0 saturated carbocycles. The Kier molecular flexibility index (Phi) is 4.99. The average Bonchev–Trinajstić information content (AvgIpc) is 2.50. The van der Waals surface area contributed by atoms with E-state index in [4.69, 9.17) is 0 Å². The fourth-order valence-corrected chi connectivity index (χ4v) is 3.64. The number of hydrogen-bond donors (Lipinski definition) is 1. The Morgan fingerprint density at radius 1 is 1.43 bits per heavy atom. The number of aliphatic hydroxyl groups is 1. The minimum absolute atomic E-state index is 0.0417. The van der Waals surface area contributed by atoms with Crippen LogP contribution in [0.15, 0.2) is 10.9 Å². The quantitative estimate of drug-likeness (QED) is 0.925. The van der Waals surface area contributed by atoms with Gasteiger partial charge in [-0.2, -0.15) is 0 Å². The van der Waals surface area contributed by atoms with Crippen LogP contribution in [0.4, 0.5) is 0 Å². The maximum absolute atomic E-state index is 12.8. The van der Waals surface area contributed by atoms with Gasteiger partial charge in [0.1, 0.15) is 5.56 Å². The van der Waals surface area contributed by atoms with Gasteiger partial charge in [-0.05, 0) is 44.7 Å². The molecule has 1 amide bonds. The molecule has 1 saturated heterocycles. The molecule has 0 unspecified atom stereocenters. The summed E-state index contributed by atoms with van der Waals surface area (Å²) in [7, 11) is 1.72. The molecule has 5 nitrogen and oxygen atoms in total. The number of nitrogens with zero attached hydrogens (tertiary/aromatic N) is 2. The molecule has 2 heterocycles. The maximum atomic E-state index is 12.8. The summed E-state index contributed by atoms with van der Waals surface area (Å²) in [6, 6.07) is 1.72. The number of carbonyl (C=O) groups excluding carboxylic acids is 1. The average molecular weight is 320 g/mol. The molecule has 23 heavy (non-hydrogen) atoms. The number of hydrogen-bond acceptors (Lipinski definition) is 3. The molecule has 1 fully saturated rings. The van der Waals surface area contributed by atoms with E-state index in [1.807, 2.05) is 27.7 Å². The number of piperidine rings is 1.